The van der Waals surface area contributed by atoms with Crippen LogP contribution in [0.3, 0.4) is 0 Å². The van der Waals surface area contributed by atoms with Gasteiger partial charge in [0.15, 0.2) is 0 Å². The van der Waals surface area contributed by atoms with Gasteiger partial charge in [-0.3, -0.25) is 0 Å². The lowest BCUT2D eigenvalue weighted by molar-refractivity contribution is -0.138. The number of nitrogens with zero attached hydrogens (tertiary/aromatic N) is 1. The van der Waals surface area contributed by atoms with Gasteiger partial charge in [-0.1, -0.05) is 0 Å². The van der Waals surface area contributed by atoms with E-state index in [4.69, 9.17) is 4.74 Å². The summed E-state index contributed by atoms with van der Waals surface area (Å²) in [6.45, 7) is 5.83. The van der Waals surface area contributed by atoms with E-state index in [-0.39, 0.29) is 11.8 Å². The Morgan fingerprint density at radius 2 is 2.22 bits per heavy atom. The summed E-state index contributed by atoms with van der Waals surface area (Å²) < 4.78 is 18.8. The third-order valence-corrected chi connectivity index (χ3v) is 4.26. The molecule has 1 aromatic heterocycles. The molecule has 122 valence electrons. The fourth-order valence-electron chi connectivity index (χ4n) is 3.07. The Morgan fingerprint density at radius 3 is 2.96 bits per heavy atom. The standard InChI is InChI=1S/C18H21FN2O2/c1-3-21-8-7-17-14(9-12(11-21)18(22)23-4-2)15-10-13(19)5-6-16(15)20-17/h5-6,10-11,20H,3-4,7-9H2,1-2H3/b12-11+. The summed E-state index contributed by atoms with van der Waals surface area (Å²) in [6.07, 6.45) is 3.18. The van der Waals surface area contributed by atoms with Crippen molar-refractivity contribution in [3.05, 3.63) is 47.0 Å². The number of carbonyl (C=O) groups excluding carboxylic acids is 1. The number of likely N-dealkylation sites (N-methyl/N-ethyl adjacent to an activating group) is 1. The van der Waals surface area contributed by atoms with Crippen molar-refractivity contribution < 1.29 is 13.9 Å². The smallest absolute Gasteiger partial charge is 0.335 e. The van der Waals surface area contributed by atoms with Gasteiger partial charge in [-0.05, 0) is 37.6 Å². The predicted molar refractivity (Wildman–Crippen MR) is 87.6 cm³/mol. The van der Waals surface area contributed by atoms with E-state index in [1.54, 1.807) is 13.0 Å². The predicted octanol–water partition coefficient (Wildman–Crippen LogP) is 3.17. The molecular weight excluding hydrogens is 295 g/mol. The number of aromatic amines is 1. The molecule has 0 fully saturated rings. The Hall–Kier alpha value is -2.30. The van der Waals surface area contributed by atoms with Crippen molar-refractivity contribution in [3.8, 4) is 0 Å². The third kappa shape index (κ3) is 3.09. The summed E-state index contributed by atoms with van der Waals surface area (Å²) in [6, 6.07) is 4.74. The molecular formula is C18H21FN2O2. The lowest BCUT2D eigenvalue weighted by Crippen LogP contribution is -2.25. The number of aromatic nitrogens is 1. The maximum absolute atomic E-state index is 13.6. The van der Waals surface area contributed by atoms with E-state index in [9.17, 15) is 9.18 Å². The number of ether oxygens (including phenoxy) is 1. The number of carbonyl (C=O) groups is 1. The zero-order valence-corrected chi connectivity index (χ0v) is 13.5. The van der Waals surface area contributed by atoms with Crippen LogP contribution in [-0.4, -0.2) is 35.5 Å². The number of esters is 1. The molecule has 0 spiro atoms. The lowest BCUT2D eigenvalue weighted by atomic mass is 9.99. The van der Waals surface area contributed by atoms with Gasteiger partial charge < -0.3 is 14.6 Å². The molecule has 0 unspecified atom stereocenters. The zero-order chi connectivity index (χ0) is 16.4. The lowest BCUT2D eigenvalue weighted by Gasteiger charge is -2.22. The summed E-state index contributed by atoms with van der Waals surface area (Å²) >= 11 is 0. The highest BCUT2D eigenvalue weighted by Gasteiger charge is 2.21. The van der Waals surface area contributed by atoms with Crippen molar-refractivity contribution in [2.24, 2.45) is 0 Å². The molecule has 1 aromatic carbocycles. The number of benzene rings is 1. The van der Waals surface area contributed by atoms with E-state index in [1.165, 1.54) is 12.1 Å². The number of halogens is 1. The summed E-state index contributed by atoms with van der Waals surface area (Å²) in [7, 11) is 0. The fourth-order valence-corrected chi connectivity index (χ4v) is 3.07. The molecule has 4 nitrogen and oxygen atoms in total. The number of hydrogen-bond acceptors (Lipinski definition) is 3. The van der Waals surface area contributed by atoms with E-state index >= 15 is 0 Å². The molecule has 0 bridgehead atoms. The fraction of sp³-hybridized carbons (Fsp3) is 0.389. The van der Waals surface area contributed by atoms with Crippen LogP contribution in [0.2, 0.25) is 0 Å². The first kappa shape index (κ1) is 15.6. The minimum atomic E-state index is -0.301. The molecule has 1 N–H and O–H groups in total. The molecule has 0 aliphatic carbocycles. The van der Waals surface area contributed by atoms with Crippen molar-refractivity contribution in [2.45, 2.75) is 26.7 Å². The minimum Gasteiger partial charge on any atom is -0.463 e. The second-order valence-corrected chi connectivity index (χ2v) is 5.70. The molecule has 2 aromatic rings. The van der Waals surface area contributed by atoms with Gasteiger partial charge in [-0.15, -0.1) is 0 Å². The molecule has 0 saturated carbocycles. The molecule has 5 heteroatoms. The molecule has 2 heterocycles. The molecule has 3 rings (SSSR count). The number of hydrogen-bond donors (Lipinski definition) is 1. The monoisotopic (exact) mass is 316 g/mol. The molecule has 0 atom stereocenters. The third-order valence-electron chi connectivity index (χ3n) is 4.26. The first-order chi connectivity index (χ1) is 11.1. The van der Waals surface area contributed by atoms with E-state index in [1.807, 2.05) is 6.20 Å². The Bertz CT molecular complexity index is 764. The summed E-state index contributed by atoms with van der Waals surface area (Å²) in [5, 5.41) is 0.847. The Balaban J connectivity index is 2.07. The van der Waals surface area contributed by atoms with Crippen LogP contribution in [0.5, 0.6) is 0 Å². The quantitative estimate of drug-likeness (QED) is 0.885. The van der Waals surface area contributed by atoms with E-state index in [0.29, 0.717) is 18.6 Å². The van der Waals surface area contributed by atoms with Crippen LogP contribution in [0, 0.1) is 5.82 Å². The largest absolute Gasteiger partial charge is 0.463 e. The molecule has 23 heavy (non-hydrogen) atoms. The van der Waals surface area contributed by atoms with Crippen LogP contribution in [-0.2, 0) is 22.4 Å². The highest BCUT2D eigenvalue weighted by molar-refractivity contribution is 5.91. The van der Waals surface area contributed by atoms with Gasteiger partial charge >= 0.3 is 5.97 Å². The Labute approximate surface area is 134 Å². The van der Waals surface area contributed by atoms with Gasteiger partial charge in [0, 0.05) is 48.7 Å². The zero-order valence-electron chi connectivity index (χ0n) is 13.5. The number of fused-ring (bicyclic) bond motifs is 3. The molecule has 1 aliphatic rings. The first-order valence-corrected chi connectivity index (χ1v) is 8.03. The van der Waals surface area contributed by atoms with E-state index in [2.05, 4.69) is 16.8 Å². The van der Waals surface area contributed by atoms with Crippen LogP contribution in [0.25, 0.3) is 10.9 Å². The normalized spacial score (nSPS) is 17.2. The SMILES string of the molecule is CCOC(=O)/C1=C/N(CC)CCc2[nH]c3ccc(F)cc3c2C1. The van der Waals surface area contributed by atoms with Crippen molar-refractivity contribution in [1.82, 2.24) is 9.88 Å². The Kier molecular flexibility index (Phi) is 4.37. The van der Waals surface area contributed by atoms with Gasteiger partial charge in [-0.2, -0.15) is 0 Å². The van der Waals surface area contributed by atoms with Gasteiger partial charge in [0.1, 0.15) is 5.82 Å². The van der Waals surface area contributed by atoms with Crippen molar-refractivity contribution in [3.63, 3.8) is 0 Å². The van der Waals surface area contributed by atoms with Gasteiger partial charge in [0.2, 0.25) is 0 Å². The van der Waals surface area contributed by atoms with Crippen LogP contribution >= 0.6 is 0 Å². The number of rotatable bonds is 3. The molecule has 0 saturated heterocycles. The van der Waals surface area contributed by atoms with Gasteiger partial charge in [0.25, 0.3) is 0 Å². The summed E-state index contributed by atoms with van der Waals surface area (Å²) in [5.74, 6) is -0.567. The first-order valence-electron chi connectivity index (χ1n) is 8.03. The summed E-state index contributed by atoms with van der Waals surface area (Å²) in [4.78, 5) is 17.7. The average molecular weight is 316 g/mol. The van der Waals surface area contributed by atoms with Crippen molar-refractivity contribution >= 4 is 16.9 Å². The van der Waals surface area contributed by atoms with Crippen molar-refractivity contribution in [1.29, 1.82) is 0 Å². The minimum absolute atomic E-state index is 0.266. The second-order valence-electron chi connectivity index (χ2n) is 5.70. The van der Waals surface area contributed by atoms with Gasteiger partial charge in [-0.25, -0.2) is 9.18 Å². The van der Waals surface area contributed by atoms with Crippen LogP contribution in [0.15, 0.2) is 30.0 Å². The highest BCUT2D eigenvalue weighted by Crippen LogP contribution is 2.28. The van der Waals surface area contributed by atoms with E-state index < -0.39 is 0 Å². The number of H-pyrrole nitrogens is 1. The molecule has 1 aliphatic heterocycles. The average Bonchev–Trinajstić information content (AvgIpc) is 2.84. The van der Waals surface area contributed by atoms with Crippen molar-refractivity contribution in [2.75, 3.05) is 19.7 Å². The van der Waals surface area contributed by atoms with E-state index in [0.717, 1.165) is 41.7 Å². The van der Waals surface area contributed by atoms with Crippen LogP contribution < -0.4 is 0 Å². The topological polar surface area (TPSA) is 45.3 Å². The maximum Gasteiger partial charge on any atom is 0.335 e. The molecule has 0 radical (unpaired) electrons. The van der Waals surface area contributed by atoms with Gasteiger partial charge in [0.05, 0.1) is 12.2 Å². The van der Waals surface area contributed by atoms with Crippen LogP contribution in [0.4, 0.5) is 4.39 Å². The maximum atomic E-state index is 13.6. The summed E-state index contributed by atoms with van der Waals surface area (Å²) in [5.41, 5.74) is 3.58. The van der Waals surface area contributed by atoms with Crippen LogP contribution in [0.1, 0.15) is 25.1 Å². The second kappa shape index (κ2) is 6.44. The number of nitrogens with one attached hydrogen (secondary N) is 1. The highest BCUT2D eigenvalue weighted by atomic mass is 19.1. The molecule has 0 amide bonds. The Morgan fingerprint density at radius 1 is 1.39 bits per heavy atom.